The van der Waals surface area contributed by atoms with E-state index in [9.17, 15) is 0 Å². The van der Waals surface area contributed by atoms with E-state index >= 15 is 0 Å². The molecular formula is C52H33N3. The van der Waals surface area contributed by atoms with Gasteiger partial charge in [0, 0.05) is 32.7 Å². The molecule has 0 aliphatic rings. The molecule has 0 aliphatic heterocycles. The number of hydrogen-bond donors (Lipinski definition) is 0. The molecule has 55 heavy (non-hydrogen) atoms. The third-order valence-corrected chi connectivity index (χ3v) is 11.0. The van der Waals surface area contributed by atoms with E-state index in [0.29, 0.717) is 5.82 Å². The Balaban J connectivity index is 1.06. The number of fused-ring (bicyclic) bond motifs is 6. The van der Waals surface area contributed by atoms with Crippen molar-refractivity contribution in [3.05, 3.63) is 200 Å². The first-order valence-corrected chi connectivity index (χ1v) is 18.8. The Labute approximate surface area is 318 Å². The van der Waals surface area contributed by atoms with Crippen LogP contribution in [0, 0.1) is 0 Å². The lowest BCUT2D eigenvalue weighted by Crippen LogP contribution is -1.99. The van der Waals surface area contributed by atoms with Crippen LogP contribution in [0.5, 0.6) is 0 Å². The van der Waals surface area contributed by atoms with Crippen molar-refractivity contribution in [2.75, 3.05) is 0 Å². The molecule has 3 heteroatoms. The van der Waals surface area contributed by atoms with Gasteiger partial charge in [-0.05, 0) is 68.7 Å². The zero-order valence-electron chi connectivity index (χ0n) is 29.9. The fraction of sp³-hybridized carbons (Fsp3) is 0. The fourth-order valence-corrected chi connectivity index (χ4v) is 8.52. The van der Waals surface area contributed by atoms with Gasteiger partial charge in [0.05, 0.1) is 27.9 Å². The first-order valence-electron chi connectivity index (χ1n) is 18.8. The van der Waals surface area contributed by atoms with Crippen LogP contribution in [0.1, 0.15) is 0 Å². The van der Waals surface area contributed by atoms with Crippen molar-refractivity contribution in [2.24, 2.45) is 0 Å². The summed E-state index contributed by atoms with van der Waals surface area (Å²) in [7, 11) is 0. The highest BCUT2D eigenvalue weighted by atomic mass is 15.0. The molecule has 2 heterocycles. The summed E-state index contributed by atoms with van der Waals surface area (Å²) in [5.41, 5.74) is 12.3. The Morgan fingerprint density at radius 2 is 0.873 bits per heavy atom. The first-order chi connectivity index (χ1) is 27.3. The Hall–Kier alpha value is -7.36. The second-order valence-electron chi connectivity index (χ2n) is 14.1. The van der Waals surface area contributed by atoms with Crippen LogP contribution in [-0.2, 0) is 0 Å². The van der Waals surface area contributed by atoms with Crippen LogP contribution >= 0.6 is 0 Å². The quantitative estimate of drug-likeness (QED) is 0.179. The Kier molecular flexibility index (Phi) is 7.17. The van der Waals surface area contributed by atoms with E-state index in [1.165, 1.54) is 54.8 Å². The van der Waals surface area contributed by atoms with Gasteiger partial charge >= 0.3 is 0 Å². The minimum atomic E-state index is 0.712. The molecule has 0 fully saturated rings. The van der Waals surface area contributed by atoms with Crippen LogP contribution in [0.3, 0.4) is 0 Å². The van der Waals surface area contributed by atoms with Crippen LogP contribution in [-0.4, -0.2) is 14.5 Å². The largest absolute Gasteiger partial charge is 0.309 e. The maximum absolute atomic E-state index is 5.37. The van der Waals surface area contributed by atoms with E-state index in [1.54, 1.807) is 0 Å². The molecule has 0 atom stereocenters. The number of aromatic nitrogens is 3. The summed E-state index contributed by atoms with van der Waals surface area (Å²) in [5, 5.41) is 8.28. The second-order valence-corrected chi connectivity index (χ2v) is 14.1. The smallest absolute Gasteiger partial charge is 0.161 e. The third kappa shape index (κ3) is 5.05. The van der Waals surface area contributed by atoms with Crippen LogP contribution in [0.25, 0.3) is 105 Å². The highest BCUT2D eigenvalue weighted by molar-refractivity contribution is 6.12. The van der Waals surface area contributed by atoms with E-state index in [2.05, 4.69) is 205 Å². The summed E-state index contributed by atoms with van der Waals surface area (Å²) >= 11 is 0. The number of nitrogens with zero attached hydrogens (tertiary/aromatic N) is 3. The van der Waals surface area contributed by atoms with E-state index in [4.69, 9.17) is 9.97 Å². The van der Waals surface area contributed by atoms with Crippen LogP contribution in [0.15, 0.2) is 200 Å². The van der Waals surface area contributed by atoms with E-state index in [-0.39, 0.29) is 0 Å². The van der Waals surface area contributed by atoms with Gasteiger partial charge in [0.15, 0.2) is 5.82 Å². The standard InChI is InChI=1S/C52H33N3/c1-2-14-34(15-3-1)38-23-12-16-36-17-13-24-39(50(36)38)35-28-30-37(31-29-35)51-45-22-6-9-25-46(45)53-52(54-51)44-32-33-49(41-19-5-4-18-40(41)44)55-47-26-10-7-20-42(47)43-21-8-11-27-48(43)55/h1-33H. The average Bonchev–Trinajstić information content (AvgIpc) is 3.60. The van der Waals surface area contributed by atoms with Crippen molar-refractivity contribution in [2.45, 2.75) is 0 Å². The van der Waals surface area contributed by atoms with Crippen LogP contribution in [0.4, 0.5) is 0 Å². The first kappa shape index (κ1) is 31.2. The van der Waals surface area contributed by atoms with E-state index in [1.807, 2.05) is 0 Å². The van der Waals surface area contributed by atoms with Gasteiger partial charge in [-0.1, -0.05) is 170 Å². The van der Waals surface area contributed by atoms with Crippen LogP contribution < -0.4 is 0 Å². The fourth-order valence-electron chi connectivity index (χ4n) is 8.52. The van der Waals surface area contributed by atoms with Gasteiger partial charge in [0.2, 0.25) is 0 Å². The number of benzene rings is 9. The van der Waals surface area contributed by atoms with Gasteiger partial charge in [-0.3, -0.25) is 0 Å². The monoisotopic (exact) mass is 699 g/mol. The zero-order valence-corrected chi connectivity index (χ0v) is 29.9. The Bertz CT molecular complexity index is 3190. The normalized spacial score (nSPS) is 11.6. The summed E-state index contributed by atoms with van der Waals surface area (Å²) in [6.45, 7) is 0. The lowest BCUT2D eigenvalue weighted by Gasteiger charge is -2.16. The van der Waals surface area contributed by atoms with Gasteiger partial charge in [0.1, 0.15) is 0 Å². The molecule has 11 rings (SSSR count). The van der Waals surface area contributed by atoms with Gasteiger partial charge < -0.3 is 4.57 Å². The molecular weight excluding hydrogens is 667 g/mol. The summed E-state index contributed by atoms with van der Waals surface area (Å²) in [6, 6.07) is 71.5. The minimum Gasteiger partial charge on any atom is -0.309 e. The Morgan fingerprint density at radius 3 is 1.56 bits per heavy atom. The summed E-state index contributed by atoms with van der Waals surface area (Å²) < 4.78 is 2.39. The molecule has 0 unspecified atom stereocenters. The number of para-hydroxylation sites is 3. The van der Waals surface area contributed by atoms with Crippen molar-refractivity contribution in [3.63, 3.8) is 0 Å². The molecule has 9 aromatic carbocycles. The minimum absolute atomic E-state index is 0.712. The zero-order chi connectivity index (χ0) is 36.3. The molecule has 0 radical (unpaired) electrons. The lowest BCUT2D eigenvalue weighted by atomic mass is 9.91. The van der Waals surface area contributed by atoms with Gasteiger partial charge in [-0.2, -0.15) is 0 Å². The molecule has 0 saturated heterocycles. The van der Waals surface area contributed by atoms with Crippen molar-refractivity contribution in [1.29, 1.82) is 0 Å². The summed E-state index contributed by atoms with van der Waals surface area (Å²) in [4.78, 5) is 10.6. The maximum Gasteiger partial charge on any atom is 0.161 e. The molecule has 0 aliphatic carbocycles. The van der Waals surface area contributed by atoms with Crippen molar-refractivity contribution < 1.29 is 0 Å². The average molecular weight is 700 g/mol. The molecule has 0 N–H and O–H groups in total. The third-order valence-electron chi connectivity index (χ3n) is 11.0. The van der Waals surface area contributed by atoms with Crippen molar-refractivity contribution >= 4 is 54.3 Å². The highest BCUT2D eigenvalue weighted by Crippen LogP contribution is 2.40. The second kappa shape index (κ2) is 12.6. The molecule has 0 bridgehead atoms. The molecule has 0 saturated carbocycles. The molecule has 3 nitrogen and oxygen atoms in total. The van der Waals surface area contributed by atoms with E-state index < -0.39 is 0 Å². The molecule has 11 aromatic rings. The highest BCUT2D eigenvalue weighted by Gasteiger charge is 2.18. The molecule has 256 valence electrons. The SMILES string of the molecule is c1ccc(-c2cccc3cccc(-c4ccc(-c5nc(-c6ccc(-n7c8ccccc8c8ccccc87)c7ccccc67)nc6ccccc56)cc4)c23)cc1. The predicted molar refractivity (Wildman–Crippen MR) is 231 cm³/mol. The van der Waals surface area contributed by atoms with Crippen LogP contribution in [0.2, 0.25) is 0 Å². The molecule has 2 aromatic heterocycles. The van der Waals surface area contributed by atoms with E-state index in [0.717, 1.165) is 44.2 Å². The number of hydrogen-bond acceptors (Lipinski definition) is 2. The lowest BCUT2D eigenvalue weighted by molar-refractivity contribution is 1.19. The topological polar surface area (TPSA) is 30.7 Å². The van der Waals surface area contributed by atoms with Gasteiger partial charge in [0.25, 0.3) is 0 Å². The summed E-state index contributed by atoms with van der Waals surface area (Å²) in [6.07, 6.45) is 0. The van der Waals surface area contributed by atoms with Crippen molar-refractivity contribution in [3.8, 4) is 50.6 Å². The number of rotatable bonds is 5. The summed E-state index contributed by atoms with van der Waals surface area (Å²) in [5.74, 6) is 0.712. The van der Waals surface area contributed by atoms with Crippen molar-refractivity contribution in [1.82, 2.24) is 14.5 Å². The molecule has 0 spiro atoms. The van der Waals surface area contributed by atoms with Gasteiger partial charge in [-0.25, -0.2) is 9.97 Å². The Morgan fingerprint density at radius 1 is 0.327 bits per heavy atom. The molecule has 0 amide bonds. The van der Waals surface area contributed by atoms with Gasteiger partial charge in [-0.15, -0.1) is 0 Å². The maximum atomic E-state index is 5.37. The predicted octanol–water partition coefficient (Wildman–Crippen LogP) is 13.7.